The van der Waals surface area contributed by atoms with Crippen LogP contribution in [0.15, 0.2) is 11.8 Å². The van der Waals surface area contributed by atoms with E-state index in [1.165, 1.54) is 7.11 Å². The molecule has 0 spiro atoms. The van der Waals surface area contributed by atoms with E-state index in [1.807, 2.05) is 0 Å². The lowest BCUT2D eigenvalue weighted by Crippen LogP contribution is -2.31. The second-order valence-electron chi connectivity index (χ2n) is 2.42. The number of allylic oxidation sites excluding steroid dienone is 1. The normalized spacial score (nSPS) is 41.0. The minimum absolute atomic E-state index is 0.443. The molecule has 3 atom stereocenters. The van der Waals surface area contributed by atoms with Crippen LogP contribution in [0.25, 0.3) is 0 Å². The summed E-state index contributed by atoms with van der Waals surface area (Å²) in [4.78, 5) is 0. The van der Waals surface area contributed by atoms with E-state index in [-0.39, 0.29) is 0 Å². The van der Waals surface area contributed by atoms with Crippen molar-refractivity contribution in [1.82, 2.24) is 0 Å². The summed E-state index contributed by atoms with van der Waals surface area (Å²) in [6.45, 7) is 1.78. The molecule has 1 saturated heterocycles. The van der Waals surface area contributed by atoms with E-state index < -0.39 is 18.2 Å². The van der Waals surface area contributed by atoms with Gasteiger partial charge in [0.15, 0.2) is 0 Å². The minimum Gasteiger partial charge on any atom is -0.500 e. The van der Waals surface area contributed by atoms with E-state index in [1.54, 1.807) is 13.0 Å². The Balaban J connectivity index is 2.71. The Morgan fingerprint density at radius 2 is 2.36 bits per heavy atom. The third kappa shape index (κ3) is 1.41. The van der Waals surface area contributed by atoms with Crippen LogP contribution in [0.1, 0.15) is 6.92 Å². The smallest absolute Gasteiger partial charge is 0.139 e. The molecule has 0 saturated carbocycles. The third-order valence-electron chi connectivity index (χ3n) is 1.76. The molecule has 1 unspecified atom stereocenters. The molecule has 0 amide bonds. The second kappa shape index (κ2) is 3.28. The van der Waals surface area contributed by atoms with Gasteiger partial charge in [-0.05, 0) is 13.0 Å². The van der Waals surface area contributed by atoms with E-state index in [4.69, 9.17) is 17.3 Å². The van der Waals surface area contributed by atoms with Crippen molar-refractivity contribution in [3.63, 3.8) is 0 Å². The predicted molar refractivity (Wildman–Crippen MR) is 41.2 cm³/mol. The minimum atomic E-state index is -0.722. The summed E-state index contributed by atoms with van der Waals surface area (Å²) >= 11 is 0. The molecule has 0 bridgehead atoms. The van der Waals surface area contributed by atoms with Crippen molar-refractivity contribution >= 4 is 7.85 Å². The molecule has 1 fully saturated rings. The Bertz CT molecular complexity index is 169. The van der Waals surface area contributed by atoms with Crippen molar-refractivity contribution in [2.24, 2.45) is 0 Å². The zero-order chi connectivity index (χ0) is 8.43. The molecular formula is C7H11BO3. The Labute approximate surface area is 67.4 Å². The first kappa shape index (κ1) is 8.62. The zero-order valence-electron chi connectivity index (χ0n) is 6.65. The van der Waals surface area contributed by atoms with Gasteiger partial charge in [0, 0.05) is 7.11 Å². The molecule has 1 aliphatic heterocycles. The molecule has 1 heterocycles. The topological polar surface area (TPSA) is 38.7 Å². The molecular weight excluding hydrogens is 143 g/mol. The first-order valence-corrected chi connectivity index (χ1v) is 3.50. The monoisotopic (exact) mass is 154 g/mol. The molecule has 1 aliphatic rings. The van der Waals surface area contributed by atoms with E-state index >= 15 is 0 Å². The van der Waals surface area contributed by atoms with Gasteiger partial charge in [0.05, 0.1) is 6.00 Å². The Morgan fingerprint density at radius 3 is 2.64 bits per heavy atom. The van der Waals surface area contributed by atoms with Gasteiger partial charge in [-0.2, -0.15) is 0 Å². The maximum atomic E-state index is 9.42. The molecule has 3 nitrogen and oxygen atoms in total. The molecule has 0 aromatic heterocycles. The lowest BCUT2D eigenvalue weighted by atomic mass is 9.93. The van der Waals surface area contributed by atoms with Gasteiger partial charge < -0.3 is 14.6 Å². The van der Waals surface area contributed by atoms with Crippen LogP contribution in [0.5, 0.6) is 0 Å². The summed E-state index contributed by atoms with van der Waals surface area (Å²) in [5.74, 6) is 0.490. The van der Waals surface area contributed by atoms with Crippen LogP contribution in [0, 0.1) is 0 Å². The van der Waals surface area contributed by atoms with Crippen molar-refractivity contribution in [1.29, 1.82) is 0 Å². The van der Waals surface area contributed by atoms with Gasteiger partial charge in [0.1, 0.15) is 25.8 Å². The quantitative estimate of drug-likeness (QED) is 0.531. The number of methoxy groups -OCH3 is 1. The van der Waals surface area contributed by atoms with Crippen LogP contribution >= 0.6 is 0 Å². The zero-order valence-corrected chi connectivity index (χ0v) is 6.65. The summed E-state index contributed by atoms with van der Waals surface area (Å²) in [6.07, 6.45) is 0.519. The van der Waals surface area contributed by atoms with Crippen molar-refractivity contribution in [2.45, 2.75) is 25.1 Å². The Kier molecular flexibility index (Phi) is 2.57. The Hall–Kier alpha value is -0.475. The van der Waals surface area contributed by atoms with Crippen LogP contribution in [0.3, 0.4) is 0 Å². The van der Waals surface area contributed by atoms with Gasteiger partial charge in [-0.3, -0.25) is 0 Å². The summed E-state index contributed by atoms with van der Waals surface area (Å²) in [7, 11) is 6.99. The average Bonchev–Trinajstić information content (AvgIpc) is 2.26. The van der Waals surface area contributed by atoms with Crippen LogP contribution in [-0.2, 0) is 9.47 Å². The predicted octanol–water partition coefficient (Wildman–Crippen LogP) is -0.209. The molecule has 11 heavy (non-hydrogen) atoms. The van der Waals surface area contributed by atoms with Crippen molar-refractivity contribution in [3.8, 4) is 0 Å². The van der Waals surface area contributed by atoms with Gasteiger partial charge in [0.25, 0.3) is 0 Å². The molecule has 0 aliphatic carbocycles. The number of aliphatic hydroxyl groups excluding tert-OH is 1. The lowest BCUT2D eigenvalue weighted by Gasteiger charge is -2.12. The first-order chi connectivity index (χ1) is 5.20. The van der Waals surface area contributed by atoms with Gasteiger partial charge >= 0.3 is 0 Å². The van der Waals surface area contributed by atoms with E-state index in [9.17, 15) is 5.11 Å². The van der Waals surface area contributed by atoms with E-state index in [0.29, 0.717) is 5.76 Å². The van der Waals surface area contributed by atoms with Crippen LogP contribution in [-0.4, -0.2) is 38.3 Å². The number of rotatable bonds is 1. The first-order valence-electron chi connectivity index (χ1n) is 3.50. The average molecular weight is 154 g/mol. The van der Waals surface area contributed by atoms with Gasteiger partial charge in [0.2, 0.25) is 0 Å². The fraction of sp³-hybridized carbons (Fsp3) is 0.714. The second-order valence-corrected chi connectivity index (χ2v) is 2.42. The highest BCUT2D eigenvalue weighted by Crippen LogP contribution is 2.24. The number of hydrogen-bond acceptors (Lipinski definition) is 3. The van der Waals surface area contributed by atoms with Crippen molar-refractivity contribution in [3.05, 3.63) is 11.8 Å². The lowest BCUT2D eigenvalue weighted by molar-refractivity contribution is 0.0141. The maximum absolute atomic E-state index is 9.42. The van der Waals surface area contributed by atoms with Crippen LogP contribution < -0.4 is 0 Å². The molecule has 0 aromatic rings. The molecule has 1 rings (SSSR count). The molecule has 0 aromatic carbocycles. The maximum Gasteiger partial charge on any atom is 0.139 e. The summed E-state index contributed by atoms with van der Waals surface area (Å²) in [5, 5.41) is 9.42. The summed E-state index contributed by atoms with van der Waals surface area (Å²) in [5.41, 5.74) is 0. The molecule has 4 heteroatoms. The highest BCUT2D eigenvalue weighted by atomic mass is 16.6. The van der Waals surface area contributed by atoms with Crippen LogP contribution in [0.4, 0.5) is 0 Å². The fourth-order valence-electron chi connectivity index (χ4n) is 1.14. The molecule has 60 valence electrons. The SMILES string of the molecule is [B]C1OC(=CC)[C@@H](O)[C@H]1OC. The van der Waals surface area contributed by atoms with Crippen molar-refractivity contribution < 1.29 is 14.6 Å². The largest absolute Gasteiger partial charge is 0.500 e. The third-order valence-corrected chi connectivity index (χ3v) is 1.76. The number of aliphatic hydroxyl groups is 1. The van der Waals surface area contributed by atoms with E-state index in [2.05, 4.69) is 0 Å². The van der Waals surface area contributed by atoms with Crippen molar-refractivity contribution in [2.75, 3.05) is 7.11 Å². The standard InChI is InChI=1S/C7H11BO3/c1-3-4-5(9)6(10-2)7(8)11-4/h3,5-7,9H,1-2H3/t5-,6-,7?/m1/s1. The van der Waals surface area contributed by atoms with Gasteiger partial charge in [-0.15, -0.1) is 0 Å². The fourth-order valence-corrected chi connectivity index (χ4v) is 1.14. The van der Waals surface area contributed by atoms with Crippen LogP contribution in [0.2, 0.25) is 0 Å². The Morgan fingerprint density at radius 1 is 1.73 bits per heavy atom. The number of hydrogen-bond donors (Lipinski definition) is 1. The van der Waals surface area contributed by atoms with Gasteiger partial charge in [-0.25, -0.2) is 0 Å². The highest BCUT2D eigenvalue weighted by molar-refractivity contribution is 6.11. The molecule has 2 radical (unpaired) electrons. The van der Waals surface area contributed by atoms with E-state index in [0.717, 1.165) is 0 Å². The summed E-state index contributed by atoms with van der Waals surface area (Å²) < 4.78 is 10.0. The number of ether oxygens (including phenoxy) is 2. The summed E-state index contributed by atoms with van der Waals surface area (Å²) in [6, 6.07) is -0.554. The van der Waals surface area contributed by atoms with Gasteiger partial charge in [-0.1, -0.05) is 0 Å². The molecule has 1 N–H and O–H groups in total. The highest BCUT2D eigenvalue weighted by Gasteiger charge is 2.36.